The number of carboxylic acids is 1. The lowest BCUT2D eigenvalue weighted by atomic mass is 10.2. The van der Waals surface area contributed by atoms with Gasteiger partial charge in [-0.15, -0.1) is 0 Å². The van der Waals surface area contributed by atoms with E-state index in [1.165, 1.54) is 24.5 Å². The van der Waals surface area contributed by atoms with Crippen molar-refractivity contribution in [1.29, 1.82) is 0 Å². The number of imidazole rings is 1. The van der Waals surface area contributed by atoms with E-state index in [1.54, 1.807) is 10.8 Å². The molecule has 0 bridgehead atoms. The normalized spacial score (nSPS) is 10.4. The van der Waals surface area contributed by atoms with Crippen molar-refractivity contribution in [2.24, 2.45) is 5.73 Å². The molecule has 2 rings (SSSR count). The number of carboxylic acid groups (broad SMARTS) is 1. The summed E-state index contributed by atoms with van der Waals surface area (Å²) in [6.45, 7) is 1.02. The van der Waals surface area contributed by atoms with E-state index in [0.717, 1.165) is 0 Å². The zero-order valence-corrected chi connectivity index (χ0v) is 11.7. The fraction of sp³-hybridized carbons (Fsp3) is 0.154. The third-order valence-electron chi connectivity index (χ3n) is 2.71. The molecule has 0 saturated heterocycles. The van der Waals surface area contributed by atoms with Crippen LogP contribution in [-0.4, -0.2) is 33.1 Å². The monoisotopic (exact) mass is 308 g/mol. The lowest BCUT2D eigenvalue weighted by Gasteiger charge is -2.05. The van der Waals surface area contributed by atoms with Gasteiger partial charge in [0.1, 0.15) is 5.69 Å². The van der Waals surface area contributed by atoms with Gasteiger partial charge >= 0.3 is 5.97 Å². The number of carbonyl (C=O) groups excluding carboxylic acids is 1. The maximum absolute atomic E-state index is 12.0. The van der Waals surface area contributed by atoms with Crippen LogP contribution in [0.4, 0.5) is 5.69 Å². The third-order valence-corrected chi connectivity index (χ3v) is 3.02. The summed E-state index contributed by atoms with van der Waals surface area (Å²) >= 11 is 5.83. The van der Waals surface area contributed by atoms with Crippen LogP contribution in [0, 0.1) is 0 Å². The molecule has 0 aliphatic carbocycles. The van der Waals surface area contributed by atoms with Crippen LogP contribution >= 0.6 is 11.6 Å². The first-order valence-corrected chi connectivity index (χ1v) is 6.45. The maximum Gasteiger partial charge on any atom is 0.337 e. The Bertz CT molecular complexity index is 684. The highest BCUT2D eigenvalue weighted by atomic mass is 35.5. The largest absolute Gasteiger partial charge is 0.478 e. The van der Waals surface area contributed by atoms with Gasteiger partial charge in [-0.2, -0.15) is 0 Å². The smallest absolute Gasteiger partial charge is 0.337 e. The van der Waals surface area contributed by atoms with E-state index in [1.807, 2.05) is 0 Å². The van der Waals surface area contributed by atoms with Crippen LogP contribution in [-0.2, 0) is 6.54 Å². The zero-order valence-electron chi connectivity index (χ0n) is 10.9. The van der Waals surface area contributed by atoms with Crippen molar-refractivity contribution in [3.8, 4) is 0 Å². The number of halogens is 1. The Morgan fingerprint density at radius 1 is 1.43 bits per heavy atom. The molecular formula is C13H13ClN4O3. The molecule has 0 fully saturated rings. The molecule has 0 saturated carbocycles. The summed E-state index contributed by atoms with van der Waals surface area (Å²) in [4.78, 5) is 26.8. The van der Waals surface area contributed by atoms with E-state index in [9.17, 15) is 9.59 Å². The van der Waals surface area contributed by atoms with Crippen LogP contribution < -0.4 is 11.1 Å². The summed E-state index contributed by atoms with van der Waals surface area (Å²) in [5.41, 5.74) is 6.02. The van der Waals surface area contributed by atoms with Gasteiger partial charge in [-0.05, 0) is 18.2 Å². The standard InChI is InChI=1S/C13H13ClN4O3/c14-10-5-8(1-2-9(10)13(20)21)17-12(19)11-6-18(4-3-15)7-16-11/h1-2,5-7H,3-4,15H2,(H,17,19)(H,20,21). The van der Waals surface area contributed by atoms with Gasteiger partial charge in [-0.3, -0.25) is 4.79 Å². The fourth-order valence-corrected chi connectivity index (χ4v) is 1.97. The second kappa shape index (κ2) is 6.38. The number of nitrogens with two attached hydrogens (primary N) is 1. The number of amides is 1. The summed E-state index contributed by atoms with van der Waals surface area (Å²) < 4.78 is 1.70. The first-order valence-electron chi connectivity index (χ1n) is 6.07. The average molecular weight is 309 g/mol. The highest BCUT2D eigenvalue weighted by Crippen LogP contribution is 2.21. The zero-order chi connectivity index (χ0) is 15.4. The highest BCUT2D eigenvalue weighted by Gasteiger charge is 2.12. The number of hydrogen-bond donors (Lipinski definition) is 3. The Balaban J connectivity index is 2.11. The minimum Gasteiger partial charge on any atom is -0.478 e. The first kappa shape index (κ1) is 15.0. The molecule has 8 heteroatoms. The predicted molar refractivity (Wildman–Crippen MR) is 77.6 cm³/mol. The summed E-state index contributed by atoms with van der Waals surface area (Å²) in [6, 6.07) is 4.16. The number of nitrogens with one attached hydrogen (secondary N) is 1. The number of rotatable bonds is 5. The molecule has 110 valence electrons. The van der Waals surface area contributed by atoms with E-state index in [0.29, 0.717) is 18.8 Å². The number of hydrogen-bond acceptors (Lipinski definition) is 4. The second-order valence-electron chi connectivity index (χ2n) is 4.24. The van der Waals surface area contributed by atoms with Crippen LogP contribution in [0.5, 0.6) is 0 Å². The Hall–Kier alpha value is -2.38. The molecule has 4 N–H and O–H groups in total. The van der Waals surface area contributed by atoms with Gasteiger partial charge in [0, 0.05) is 25.0 Å². The number of aromatic carboxylic acids is 1. The van der Waals surface area contributed by atoms with Crippen molar-refractivity contribution < 1.29 is 14.7 Å². The van der Waals surface area contributed by atoms with Gasteiger partial charge in [0.05, 0.1) is 16.9 Å². The molecule has 0 spiro atoms. The molecule has 1 heterocycles. The number of nitrogens with zero attached hydrogens (tertiary/aromatic N) is 2. The molecule has 0 unspecified atom stereocenters. The highest BCUT2D eigenvalue weighted by molar-refractivity contribution is 6.33. The lowest BCUT2D eigenvalue weighted by molar-refractivity contribution is 0.0697. The van der Waals surface area contributed by atoms with Crippen molar-refractivity contribution in [3.63, 3.8) is 0 Å². The maximum atomic E-state index is 12.0. The molecule has 1 aromatic carbocycles. The number of anilines is 1. The van der Waals surface area contributed by atoms with Crippen molar-refractivity contribution in [2.45, 2.75) is 6.54 Å². The first-order chi connectivity index (χ1) is 10.0. The summed E-state index contributed by atoms with van der Waals surface area (Å²) in [7, 11) is 0. The van der Waals surface area contributed by atoms with Crippen molar-refractivity contribution in [1.82, 2.24) is 9.55 Å². The van der Waals surface area contributed by atoms with Crippen LogP contribution in [0.25, 0.3) is 0 Å². The van der Waals surface area contributed by atoms with Gasteiger partial charge in [-0.25, -0.2) is 9.78 Å². The summed E-state index contributed by atoms with van der Waals surface area (Å²) in [6.07, 6.45) is 3.09. The molecule has 0 aliphatic heterocycles. The van der Waals surface area contributed by atoms with Crippen LogP contribution in [0.15, 0.2) is 30.7 Å². The van der Waals surface area contributed by atoms with E-state index >= 15 is 0 Å². The Morgan fingerprint density at radius 3 is 2.81 bits per heavy atom. The van der Waals surface area contributed by atoms with E-state index in [-0.39, 0.29) is 16.3 Å². The van der Waals surface area contributed by atoms with Gasteiger partial charge in [0.2, 0.25) is 0 Å². The fourth-order valence-electron chi connectivity index (χ4n) is 1.71. The predicted octanol–water partition coefficient (Wildman–Crippen LogP) is 1.45. The second-order valence-corrected chi connectivity index (χ2v) is 4.65. The van der Waals surface area contributed by atoms with Gasteiger partial charge in [-0.1, -0.05) is 11.6 Å². The van der Waals surface area contributed by atoms with E-state index < -0.39 is 11.9 Å². The minimum atomic E-state index is -1.13. The summed E-state index contributed by atoms with van der Waals surface area (Å²) in [5, 5.41) is 11.5. The van der Waals surface area contributed by atoms with Crippen molar-refractivity contribution in [3.05, 3.63) is 47.0 Å². The molecule has 0 aliphatic rings. The van der Waals surface area contributed by atoms with Crippen LogP contribution in [0.1, 0.15) is 20.8 Å². The van der Waals surface area contributed by atoms with Gasteiger partial charge in [0.25, 0.3) is 5.91 Å². The molecule has 1 amide bonds. The number of benzene rings is 1. The molecule has 1 aromatic heterocycles. The Kier molecular flexibility index (Phi) is 4.56. The Morgan fingerprint density at radius 2 is 2.19 bits per heavy atom. The van der Waals surface area contributed by atoms with Crippen LogP contribution in [0.2, 0.25) is 5.02 Å². The van der Waals surface area contributed by atoms with Gasteiger partial charge < -0.3 is 20.7 Å². The van der Waals surface area contributed by atoms with Gasteiger partial charge in [0.15, 0.2) is 0 Å². The SMILES string of the molecule is NCCn1cnc(C(=O)Nc2ccc(C(=O)O)c(Cl)c2)c1. The topological polar surface area (TPSA) is 110 Å². The molecule has 0 atom stereocenters. The molecular weight excluding hydrogens is 296 g/mol. The molecule has 2 aromatic rings. The Labute approximate surface area is 125 Å². The molecule has 21 heavy (non-hydrogen) atoms. The van der Waals surface area contributed by atoms with Crippen molar-refractivity contribution in [2.75, 3.05) is 11.9 Å². The van der Waals surface area contributed by atoms with Crippen molar-refractivity contribution >= 4 is 29.2 Å². The molecule has 7 nitrogen and oxygen atoms in total. The van der Waals surface area contributed by atoms with E-state index in [2.05, 4.69) is 10.3 Å². The number of carbonyl (C=O) groups is 2. The summed E-state index contributed by atoms with van der Waals surface area (Å²) in [5.74, 6) is -1.54. The minimum absolute atomic E-state index is 0.0260. The molecule has 0 radical (unpaired) electrons. The average Bonchev–Trinajstić information content (AvgIpc) is 2.87. The number of aromatic nitrogens is 2. The lowest BCUT2D eigenvalue weighted by Crippen LogP contribution is -2.13. The van der Waals surface area contributed by atoms with E-state index in [4.69, 9.17) is 22.4 Å². The van der Waals surface area contributed by atoms with Crippen LogP contribution in [0.3, 0.4) is 0 Å². The quantitative estimate of drug-likeness (QED) is 0.774. The third kappa shape index (κ3) is 3.59.